The summed E-state index contributed by atoms with van der Waals surface area (Å²) in [5.74, 6) is 0.126. The molecule has 4 nitrogen and oxygen atoms in total. The minimum atomic E-state index is -0.224. The number of carbonyl (C=O) groups excluding carboxylic acids is 1. The fourth-order valence-corrected chi connectivity index (χ4v) is 4.14. The monoisotopic (exact) mass is 435 g/mol. The van der Waals surface area contributed by atoms with Crippen LogP contribution in [0.2, 0.25) is 5.02 Å². The van der Waals surface area contributed by atoms with Crippen LogP contribution in [0.5, 0.6) is 0 Å². The molecule has 1 aliphatic heterocycles. The van der Waals surface area contributed by atoms with Crippen molar-refractivity contribution in [2.24, 2.45) is 5.10 Å². The van der Waals surface area contributed by atoms with Gasteiger partial charge in [-0.1, -0.05) is 71.8 Å². The van der Waals surface area contributed by atoms with Crippen LogP contribution in [0, 0.1) is 6.92 Å². The molecule has 30 heavy (non-hydrogen) atoms. The lowest BCUT2D eigenvalue weighted by atomic mass is 9.86. The second-order valence-corrected chi connectivity index (χ2v) is 8.51. The number of hydrogen-bond donors (Lipinski definition) is 1. The van der Waals surface area contributed by atoms with Crippen LogP contribution in [0.25, 0.3) is 0 Å². The number of aryl methyl sites for hydroxylation is 1. The first kappa shape index (κ1) is 20.5. The summed E-state index contributed by atoms with van der Waals surface area (Å²) in [6, 6.07) is 25.7. The molecule has 0 saturated carbocycles. The molecule has 1 N–H and O–H groups in total. The zero-order valence-corrected chi connectivity index (χ0v) is 18.2. The van der Waals surface area contributed by atoms with Crippen molar-refractivity contribution >= 4 is 35.3 Å². The van der Waals surface area contributed by atoms with Gasteiger partial charge in [-0.25, -0.2) is 9.80 Å². The van der Waals surface area contributed by atoms with Crippen LogP contribution >= 0.6 is 23.5 Å². The molecule has 0 bridgehead atoms. The number of hydrazone groups is 1. The van der Waals surface area contributed by atoms with Gasteiger partial charge in [-0.05, 0) is 60.7 Å². The van der Waals surface area contributed by atoms with E-state index < -0.39 is 0 Å². The van der Waals surface area contributed by atoms with Gasteiger partial charge in [-0.3, -0.25) is 4.72 Å². The molecule has 0 spiro atoms. The van der Waals surface area contributed by atoms with Gasteiger partial charge in [0.25, 0.3) is 0 Å². The van der Waals surface area contributed by atoms with Crippen molar-refractivity contribution in [3.05, 3.63) is 101 Å². The van der Waals surface area contributed by atoms with E-state index in [1.54, 1.807) is 0 Å². The molecule has 1 unspecified atom stereocenters. The maximum absolute atomic E-state index is 12.8. The van der Waals surface area contributed by atoms with Gasteiger partial charge in [0, 0.05) is 22.4 Å². The minimum Gasteiger partial charge on any atom is -0.276 e. The second-order valence-electron chi connectivity index (χ2n) is 7.19. The van der Waals surface area contributed by atoms with E-state index in [-0.39, 0.29) is 11.9 Å². The zero-order chi connectivity index (χ0) is 20.9. The van der Waals surface area contributed by atoms with Crippen molar-refractivity contribution in [2.75, 3.05) is 6.54 Å². The molecule has 6 heteroatoms. The molecule has 0 radical (unpaired) electrons. The van der Waals surface area contributed by atoms with E-state index in [2.05, 4.69) is 16.9 Å². The first-order valence-electron chi connectivity index (χ1n) is 9.80. The fourth-order valence-electron chi connectivity index (χ4n) is 3.44. The van der Waals surface area contributed by atoms with Gasteiger partial charge in [0.2, 0.25) is 0 Å². The molecule has 3 aromatic carbocycles. The Morgan fingerprint density at radius 2 is 1.73 bits per heavy atom. The molecule has 2 amide bonds. The van der Waals surface area contributed by atoms with Crippen molar-refractivity contribution < 1.29 is 4.79 Å². The van der Waals surface area contributed by atoms with Crippen LogP contribution in [-0.4, -0.2) is 23.3 Å². The Labute approximate surface area is 186 Å². The predicted molar refractivity (Wildman–Crippen MR) is 124 cm³/mol. The highest BCUT2D eigenvalue weighted by Crippen LogP contribution is 2.30. The largest absolute Gasteiger partial charge is 0.348 e. The Hall–Kier alpha value is -2.76. The number of halogens is 1. The molecule has 1 heterocycles. The van der Waals surface area contributed by atoms with E-state index >= 15 is 0 Å². The number of hydrogen-bond acceptors (Lipinski definition) is 3. The minimum absolute atomic E-state index is 0.126. The molecule has 0 fully saturated rings. The topological polar surface area (TPSA) is 44.7 Å². The average Bonchev–Trinajstić information content (AvgIpc) is 2.79. The highest BCUT2D eigenvalue weighted by atomic mass is 35.5. The Kier molecular flexibility index (Phi) is 6.41. The molecular formula is C24H22ClN3OS. The summed E-state index contributed by atoms with van der Waals surface area (Å²) in [5.41, 5.74) is 4.22. The maximum atomic E-state index is 12.8. The molecule has 3 aromatic rings. The third-order valence-electron chi connectivity index (χ3n) is 5.04. The smallest absolute Gasteiger partial charge is 0.276 e. The molecule has 4 rings (SSSR count). The third-order valence-corrected chi connectivity index (χ3v) is 6.08. The van der Waals surface area contributed by atoms with E-state index in [4.69, 9.17) is 16.7 Å². The zero-order valence-electron chi connectivity index (χ0n) is 16.6. The van der Waals surface area contributed by atoms with Gasteiger partial charge in [0.05, 0.1) is 5.71 Å². The maximum Gasteiger partial charge on any atom is 0.348 e. The lowest BCUT2D eigenvalue weighted by Gasteiger charge is -2.30. The number of nitrogens with one attached hydrogen (secondary N) is 1. The van der Waals surface area contributed by atoms with Crippen molar-refractivity contribution in [1.82, 2.24) is 9.73 Å². The van der Waals surface area contributed by atoms with Crippen LogP contribution in [0.3, 0.4) is 0 Å². The number of urea groups is 1. The van der Waals surface area contributed by atoms with Gasteiger partial charge >= 0.3 is 6.03 Å². The number of benzene rings is 3. The Bertz CT molecular complexity index is 1040. The first-order chi connectivity index (χ1) is 14.6. The highest BCUT2D eigenvalue weighted by molar-refractivity contribution is 7.98. The molecule has 1 atom stereocenters. The highest BCUT2D eigenvalue weighted by Gasteiger charge is 2.28. The van der Waals surface area contributed by atoms with Gasteiger partial charge in [0.15, 0.2) is 0 Å². The Morgan fingerprint density at radius 3 is 2.43 bits per heavy atom. The molecule has 1 aliphatic rings. The van der Waals surface area contributed by atoms with Gasteiger partial charge in [0.1, 0.15) is 0 Å². The van der Waals surface area contributed by atoms with Gasteiger partial charge in [-0.2, -0.15) is 5.10 Å². The van der Waals surface area contributed by atoms with E-state index in [9.17, 15) is 4.79 Å². The van der Waals surface area contributed by atoms with Gasteiger partial charge < -0.3 is 0 Å². The van der Waals surface area contributed by atoms with E-state index in [0.29, 0.717) is 11.6 Å². The molecular weight excluding hydrogens is 414 g/mol. The molecule has 0 aromatic heterocycles. The summed E-state index contributed by atoms with van der Waals surface area (Å²) in [6.07, 6.45) is 0.800. The van der Waals surface area contributed by atoms with Crippen molar-refractivity contribution in [1.29, 1.82) is 0 Å². The van der Waals surface area contributed by atoms with Crippen LogP contribution in [0.1, 0.15) is 29.0 Å². The SMILES string of the molecule is Cc1ccc(SNC(=O)N2CCC(c3ccccc3)C(c3ccc(Cl)cc3)=N2)cc1. The van der Waals surface area contributed by atoms with Crippen molar-refractivity contribution in [3.8, 4) is 0 Å². The lowest BCUT2D eigenvalue weighted by molar-refractivity contribution is 0.202. The summed E-state index contributed by atoms with van der Waals surface area (Å²) in [7, 11) is 0. The number of rotatable bonds is 4. The van der Waals surface area contributed by atoms with E-state index in [0.717, 1.165) is 22.6 Å². The summed E-state index contributed by atoms with van der Waals surface area (Å²) in [6.45, 7) is 2.59. The normalized spacial score (nSPS) is 16.1. The van der Waals surface area contributed by atoms with Gasteiger partial charge in [-0.15, -0.1) is 0 Å². The van der Waals surface area contributed by atoms with E-state index in [1.165, 1.54) is 28.1 Å². The summed E-state index contributed by atoms with van der Waals surface area (Å²) >= 11 is 7.37. The van der Waals surface area contributed by atoms with Crippen molar-refractivity contribution in [3.63, 3.8) is 0 Å². The molecule has 152 valence electrons. The molecule has 0 aliphatic carbocycles. The number of nitrogens with zero attached hydrogens (tertiary/aromatic N) is 2. The number of carbonyl (C=O) groups is 1. The standard InChI is InChI=1S/C24H22ClN3OS/c1-17-7-13-21(14-8-17)30-27-24(29)28-16-15-22(18-5-3-2-4-6-18)23(26-28)19-9-11-20(25)12-10-19/h2-14,22H,15-16H2,1H3,(H,27,29). The second kappa shape index (κ2) is 9.37. The third kappa shape index (κ3) is 4.86. The summed E-state index contributed by atoms with van der Waals surface area (Å²) < 4.78 is 2.90. The van der Waals surface area contributed by atoms with Crippen molar-refractivity contribution in [2.45, 2.75) is 24.2 Å². The Balaban J connectivity index is 1.56. The Morgan fingerprint density at radius 1 is 1.03 bits per heavy atom. The quantitative estimate of drug-likeness (QED) is 0.491. The van der Waals surface area contributed by atoms with Crippen LogP contribution in [0.4, 0.5) is 4.79 Å². The van der Waals surface area contributed by atoms with Crippen LogP contribution in [-0.2, 0) is 0 Å². The fraction of sp³-hybridized carbons (Fsp3) is 0.167. The van der Waals surface area contributed by atoms with Crippen LogP contribution < -0.4 is 4.72 Å². The first-order valence-corrected chi connectivity index (χ1v) is 11.0. The average molecular weight is 436 g/mol. The predicted octanol–water partition coefficient (Wildman–Crippen LogP) is 6.26. The van der Waals surface area contributed by atoms with Crippen LogP contribution in [0.15, 0.2) is 88.9 Å². The number of amides is 2. The molecule has 0 saturated heterocycles. The van der Waals surface area contributed by atoms with E-state index in [1.807, 2.05) is 73.7 Å². The summed E-state index contributed by atoms with van der Waals surface area (Å²) in [4.78, 5) is 13.8. The lowest BCUT2D eigenvalue weighted by Crippen LogP contribution is -2.39. The summed E-state index contributed by atoms with van der Waals surface area (Å²) in [5, 5.41) is 6.94.